The number of nitrogens with two attached hydrogens (primary N) is 1. The maximum atomic E-state index is 6.00. The number of aryl methyl sites for hydroxylation is 2. The van der Waals surface area contributed by atoms with Gasteiger partial charge in [0.2, 0.25) is 0 Å². The van der Waals surface area contributed by atoms with E-state index in [-0.39, 0.29) is 0 Å². The Labute approximate surface area is 138 Å². The molecule has 2 N–H and O–H groups in total. The topological polar surface area (TPSA) is 35.2 Å². The Morgan fingerprint density at radius 1 is 1.05 bits per heavy atom. The lowest BCUT2D eigenvalue weighted by Crippen LogP contribution is -2.11. The molecule has 1 aliphatic carbocycles. The van der Waals surface area contributed by atoms with Crippen LogP contribution in [-0.2, 0) is 12.8 Å². The van der Waals surface area contributed by atoms with Gasteiger partial charge in [0.25, 0.3) is 0 Å². The van der Waals surface area contributed by atoms with E-state index in [2.05, 4.69) is 28.1 Å². The van der Waals surface area contributed by atoms with Crippen molar-refractivity contribution in [1.29, 1.82) is 0 Å². The van der Waals surface area contributed by atoms with Crippen LogP contribution in [0, 0.1) is 0 Å². The van der Waals surface area contributed by atoms with Crippen molar-refractivity contribution in [3.63, 3.8) is 0 Å². The van der Waals surface area contributed by atoms with Gasteiger partial charge in [0.15, 0.2) is 0 Å². The van der Waals surface area contributed by atoms with Gasteiger partial charge in [-0.2, -0.15) is 0 Å². The second-order valence-electron chi connectivity index (χ2n) is 5.24. The SMILES string of the molecule is NC(=S)c1cc(Br)ccc1Oc1ccc2c(c1)CCCC2. The van der Waals surface area contributed by atoms with E-state index in [4.69, 9.17) is 22.7 Å². The van der Waals surface area contributed by atoms with Gasteiger partial charge in [0.05, 0.1) is 5.56 Å². The van der Waals surface area contributed by atoms with Gasteiger partial charge >= 0.3 is 0 Å². The molecule has 0 aromatic heterocycles. The van der Waals surface area contributed by atoms with Crippen molar-refractivity contribution in [1.82, 2.24) is 0 Å². The number of ether oxygens (including phenoxy) is 1. The minimum absolute atomic E-state index is 0.337. The summed E-state index contributed by atoms with van der Waals surface area (Å²) in [7, 11) is 0. The molecule has 0 bridgehead atoms. The third kappa shape index (κ3) is 3.27. The lowest BCUT2D eigenvalue weighted by atomic mass is 9.92. The van der Waals surface area contributed by atoms with E-state index in [0.717, 1.165) is 22.2 Å². The number of hydrogen-bond acceptors (Lipinski definition) is 2. The molecule has 108 valence electrons. The molecule has 1 aliphatic rings. The Hall–Kier alpha value is -1.39. The van der Waals surface area contributed by atoms with Crippen LogP contribution in [0.25, 0.3) is 0 Å². The normalized spacial score (nSPS) is 13.6. The molecule has 4 heteroatoms. The van der Waals surface area contributed by atoms with Gasteiger partial charge in [-0.05, 0) is 67.1 Å². The Morgan fingerprint density at radius 3 is 2.57 bits per heavy atom. The summed E-state index contributed by atoms with van der Waals surface area (Å²) in [5, 5.41) is 0. The van der Waals surface area contributed by atoms with Gasteiger partial charge in [0.1, 0.15) is 16.5 Å². The zero-order chi connectivity index (χ0) is 14.8. The van der Waals surface area contributed by atoms with E-state index < -0.39 is 0 Å². The minimum atomic E-state index is 0.337. The third-order valence-electron chi connectivity index (χ3n) is 3.75. The van der Waals surface area contributed by atoms with Crippen LogP contribution in [0.3, 0.4) is 0 Å². The lowest BCUT2D eigenvalue weighted by molar-refractivity contribution is 0.479. The molecule has 0 aliphatic heterocycles. The molecular formula is C17H16BrNOS. The fraction of sp³-hybridized carbons (Fsp3) is 0.235. The molecule has 0 spiro atoms. The first-order valence-corrected chi connectivity index (χ1v) is 8.22. The van der Waals surface area contributed by atoms with Crippen molar-refractivity contribution >= 4 is 33.1 Å². The summed E-state index contributed by atoms with van der Waals surface area (Å²) in [6.45, 7) is 0. The summed E-state index contributed by atoms with van der Waals surface area (Å²) in [6.07, 6.45) is 4.85. The standard InChI is InChI=1S/C17H16BrNOS/c18-13-6-8-16(15(10-13)17(19)21)20-14-7-5-11-3-1-2-4-12(11)9-14/h5-10H,1-4H2,(H2,19,21). The average Bonchev–Trinajstić information content (AvgIpc) is 2.49. The molecule has 0 unspecified atom stereocenters. The lowest BCUT2D eigenvalue weighted by Gasteiger charge is -2.17. The molecule has 0 fully saturated rings. The van der Waals surface area contributed by atoms with Crippen molar-refractivity contribution in [3.8, 4) is 11.5 Å². The molecule has 0 saturated heterocycles. The molecular weight excluding hydrogens is 346 g/mol. The largest absolute Gasteiger partial charge is 0.457 e. The summed E-state index contributed by atoms with van der Waals surface area (Å²) in [4.78, 5) is 0.337. The van der Waals surface area contributed by atoms with Crippen LogP contribution in [0.4, 0.5) is 0 Å². The number of fused-ring (bicyclic) bond motifs is 1. The van der Waals surface area contributed by atoms with Gasteiger partial charge in [-0.15, -0.1) is 0 Å². The molecule has 2 aromatic carbocycles. The van der Waals surface area contributed by atoms with Crippen LogP contribution in [0.5, 0.6) is 11.5 Å². The summed E-state index contributed by atoms with van der Waals surface area (Å²) in [6, 6.07) is 12.0. The highest BCUT2D eigenvalue weighted by Gasteiger charge is 2.12. The zero-order valence-electron chi connectivity index (χ0n) is 11.6. The van der Waals surface area contributed by atoms with Crippen LogP contribution in [0.15, 0.2) is 40.9 Å². The number of halogens is 1. The monoisotopic (exact) mass is 361 g/mol. The number of benzene rings is 2. The molecule has 0 amide bonds. The second-order valence-corrected chi connectivity index (χ2v) is 6.60. The molecule has 2 aromatic rings. The number of hydrogen-bond donors (Lipinski definition) is 1. The van der Waals surface area contributed by atoms with Crippen molar-refractivity contribution < 1.29 is 4.74 Å². The van der Waals surface area contributed by atoms with Crippen LogP contribution < -0.4 is 10.5 Å². The van der Waals surface area contributed by atoms with Gasteiger partial charge in [-0.3, -0.25) is 0 Å². The van der Waals surface area contributed by atoms with Crippen LogP contribution in [-0.4, -0.2) is 4.99 Å². The highest BCUT2D eigenvalue weighted by atomic mass is 79.9. The minimum Gasteiger partial charge on any atom is -0.457 e. The summed E-state index contributed by atoms with van der Waals surface area (Å²) in [5.41, 5.74) is 9.37. The summed E-state index contributed by atoms with van der Waals surface area (Å²) >= 11 is 8.53. The Bertz CT molecular complexity index is 699. The van der Waals surface area contributed by atoms with E-state index >= 15 is 0 Å². The highest BCUT2D eigenvalue weighted by Crippen LogP contribution is 2.31. The van der Waals surface area contributed by atoms with E-state index in [1.807, 2.05) is 24.3 Å². The van der Waals surface area contributed by atoms with Crippen LogP contribution in [0.1, 0.15) is 29.5 Å². The van der Waals surface area contributed by atoms with Crippen molar-refractivity contribution in [3.05, 3.63) is 57.6 Å². The van der Waals surface area contributed by atoms with Crippen molar-refractivity contribution in [2.75, 3.05) is 0 Å². The highest BCUT2D eigenvalue weighted by molar-refractivity contribution is 9.10. The van der Waals surface area contributed by atoms with E-state index in [0.29, 0.717) is 10.7 Å². The van der Waals surface area contributed by atoms with Gasteiger partial charge < -0.3 is 10.5 Å². The second kappa shape index (κ2) is 6.16. The number of thiocarbonyl (C=S) groups is 1. The average molecular weight is 362 g/mol. The molecule has 0 atom stereocenters. The van der Waals surface area contributed by atoms with E-state index in [9.17, 15) is 0 Å². The smallest absolute Gasteiger partial charge is 0.137 e. The molecule has 2 nitrogen and oxygen atoms in total. The van der Waals surface area contributed by atoms with Gasteiger partial charge in [-0.1, -0.05) is 34.2 Å². The predicted molar refractivity (Wildman–Crippen MR) is 93.2 cm³/mol. The Balaban J connectivity index is 1.92. The predicted octanol–water partition coefficient (Wildman–Crippen LogP) is 4.75. The van der Waals surface area contributed by atoms with E-state index in [1.165, 1.54) is 30.4 Å². The van der Waals surface area contributed by atoms with Crippen molar-refractivity contribution in [2.24, 2.45) is 5.73 Å². The Morgan fingerprint density at radius 2 is 1.81 bits per heavy atom. The van der Waals surface area contributed by atoms with Crippen molar-refractivity contribution in [2.45, 2.75) is 25.7 Å². The van der Waals surface area contributed by atoms with Gasteiger partial charge in [0, 0.05) is 4.47 Å². The van der Waals surface area contributed by atoms with Gasteiger partial charge in [-0.25, -0.2) is 0 Å². The summed E-state index contributed by atoms with van der Waals surface area (Å²) in [5.74, 6) is 1.54. The number of rotatable bonds is 3. The quantitative estimate of drug-likeness (QED) is 0.800. The molecule has 0 saturated carbocycles. The maximum Gasteiger partial charge on any atom is 0.137 e. The first-order valence-electron chi connectivity index (χ1n) is 7.02. The van der Waals surface area contributed by atoms with Crippen LogP contribution in [0.2, 0.25) is 0 Å². The zero-order valence-corrected chi connectivity index (χ0v) is 14.0. The molecule has 0 radical (unpaired) electrons. The molecule has 3 rings (SSSR count). The molecule has 21 heavy (non-hydrogen) atoms. The van der Waals surface area contributed by atoms with Crippen LogP contribution >= 0.6 is 28.1 Å². The van der Waals surface area contributed by atoms with E-state index in [1.54, 1.807) is 0 Å². The summed E-state index contributed by atoms with van der Waals surface area (Å²) < 4.78 is 6.94. The molecule has 0 heterocycles. The third-order valence-corrected chi connectivity index (χ3v) is 4.47. The Kier molecular flexibility index (Phi) is 4.27. The first kappa shape index (κ1) is 14.5. The fourth-order valence-electron chi connectivity index (χ4n) is 2.68. The maximum absolute atomic E-state index is 6.00. The fourth-order valence-corrected chi connectivity index (χ4v) is 3.20. The first-order chi connectivity index (χ1) is 10.1.